The highest BCUT2D eigenvalue weighted by molar-refractivity contribution is 5.81. The molecule has 0 fully saturated rings. The van der Waals surface area contributed by atoms with Gasteiger partial charge in [0.15, 0.2) is 0 Å². The summed E-state index contributed by atoms with van der Waals surface area (Å²) in [5.74, 6) is 0.556. The second kappa shape index (κ2) is 4.24. The van der Waals surface area contributed by atoms with E-state index in [1.54, 1.807) is 10.9 Å². The number of aromatic nitrogens is 2. The first-order valence-corrected chi connectivity index (χ1v) is 6.23. The van der Waals surface area contributed by atoms with Crippen LogP contribution in [0.4, 0.5) is 0 Å². The third-order valence-electron chi connectivity index (χ3n) is 3.60. The fraction of sp³-hybridized carbons (Fsp3) is 0.267. The molecule has 0 saturated carbocycles. The maximum absolute atomic E-state index is 10.4. The van der Waals surface area contributed by atoms with Gasteiger partial charge in [-0.05, 0) is 25.5 Å². The standard InChI is InChI=1S/C15H16N2O2/c1-9-5-4-6-11-7-13(19-15(9)11)14(18)12-8-16-17(3)10(12)2/h4-8,14,18H,1-3H3. The summed E-state index contributed by atoms with van der Waals surface area (Å²) in [7, 11) is 1.86. The number of hydrogen-bond donors (Lipinski definition) is 1. The number of aliphatic hydroxyl groups excluding tert-OH is 1. The van der Waals surface area contributed by atoms with Crippen LogP contribution >= 0.6 is 0 Å². The van der Waals surface area contributed by atoms with E-state index in [9.17, 15) is 5.11 Å². The molecule has 1 N–H and O–H groups in total. The molecule has 0 amide bonds. The Balaban J connectivity index is 2.09. The maximum Gasteiger partial charge on any atom is 0.140 e. The van der Waals surface area contributed by atoms with E-state index in [1.165, 1.54) is 0 Å². The van der Waals surface area contributed by atoms with Crippen molar-refractivity contribution in [3.8, 4) is 0 Å². The van der Waals surface area contributed by atoms with Crippen molar-refractivity contribution in [2.45, 2.75) is 20.0 Å². The van der Waals surface area contributed by atoms with E-state index < -0.39 is 6.10 Å². The van der Waals surface area contributed by atoms with Crippen molar-refractivity contribution in [1.82, 2.24) is 9.78 Å². The number of fused-ring (bicyclic) bond motifs is 1. The van der Waals surface area contributed by atoms with Crippen LogP contribution in [0.2, 0.25) is 0 Å². The van der Waals surface area contributed by atoms with Crippen LogP contribution in [0.15, 0.2) is 34.9 Å². The van der Waals surface area contributed by atoms with E-state index in [4.69, 9.17) is 4.42 Å². The monoisotopic (exact) mass is 256 g/mol. The first-order valence-electron chi connectivity index (χ1n) is 6.23. The van der Waals surface area contributed by atoms with Crippen LogP contribution in [0.25, 0.3) is 11.0 Å². The molecular formula is C15H16N2O2. The Hall–Kier alpha value is -2.07. The number of rotatable bonds is 2. The van der Waals surface area contributed by atoms with Crippen LogP contribution in [0.3, 0.4) is 0 Å². The molecule has 1 aromatic carbocycles. The van der Waals surface area contributed by atoms with Crippen molar-refractivity contribution in [3.05, 3.63) is 53.0 Å². The van der Waals surface area contributed by atoms with Gasteiger partial charge in [-0.1, -0.05) is 18.2 Å². The minimum absolute atomic E-state index is 0.556. The molecule has 19 heavy (non-hydrogen) atoms. The average molecular weight is 256 g/mol. The van der Waals surface area contributed by atoms with Gasteiger partial charge in [-0.25, -0.2) is 0 Å². The van der Waals surface area contributed by atoms with E-state index in [1.807, 2.05) is 45.2 Å². The number of hydrogen-bond acceptors (Lipinski definition) is 3. The Bertz CT molecular complexity index is 740. The summed E-state index contributed by atoms with van der Waals surface area (Å²) in [6.07, 6.45) is 0.903. The number of aryl methyl sites for hydroxylation is 2. The molecule has 2 heterocycles. The number of para-hydroxylation sites is 1. The van der Waals surface area contributed by atoms with Gasteiger partial charge in [0.25, 0.3) is 0 Å². The minimum atomic E-state index is -0.777. The number of furan rings is 1. The third kappa shape index (κ3) is 1.85. The molecule has 0 aliphatic carbocycles. The van der Waals surface area contributed by atoms with Gasteiger partial charge in [0.05, 0.1) is 6.20 Å². The molecule has 1 unspecified atom stereocenters. The first kappa shape index (κ1) is 12.0. The molecule has 4 nitrogen and oxygen atoms in total. The number of benzene rings is 1. The quantitative estimate of drug-likeness (QED) is 0.767. The summed E-state index contributed by atoms with van der Waals surface area (Å²) in [6, 6.07) is 7.85. The van der Waals surface area contributed by atoms with Gasteiger partial charge in [0.2, 0.25) is 0 Å². The summed E-state index contributed by atoms with van der Waals surface area (Å²) >= 11 is 0. The van der Waals surface area contributed by atoms with Gasteiger partial charge in [0.1, 0.15) is 17.4 Å². The van der Waals surface area contributed by atoms with Crippen molar-refractivity contribution in [2.75, 3.05) is 0 Å². The summed E-state index contributed by atoms with van der Waals surface area (Å²) in [4.78, 5) is 0. The fourth-order valence-electron chi connectivity index (χ4n) is 2.30. The zero-order chi connectivity index (χ0) is 13.6. The van der Waals surface area contributed by atoms with Crippen LogP contribution in [0.1, 0.15) is 28.7 Å². The van der Waals surface area contributed by atoms with Gasteiger partial charge in [-0.3, -0.25) is 4.68 Å². The van der Waals surface area contributed by atoms with E-state index in [0.717, 1.165) is 27.8 Å². The lowest BCUT2D eigenvalue weighted by Crippen LogP contribution is -2.00. The largest absolute Gasteiger partial charge is 0.458 e. The first-order chi connectivity index (χ1) is 9.08. The van der Waals surface area contributed by atoms with Crippen LogP contribution in [0.5, 0.6) is 0 Å². The molecule has 0 aliphatic rings. The van der Waals surface area contributed by atoms with E-state index >= 15 is 0 Å². The summed E-state index contributed by atoms with van der Waals surface area (Å²) in [6.45, 7) is 3.93. The van der Waals surface area contributed by atoms with Crippen molar-refractivity contribution in [2.24, 2.45) is 7.05 Å². The lowest BCUT2D eigenvalue weighted by molar-refractivity contribution is 0.191. The zero-order valence-corrected chi connectivity index (χ0v) is 11.2. The number of nitrogens with zero attached hydrogens (tertiary/aromatic N) is 2. The Morgan fingerprint density at radius 2 is 2.11 bits per heavy atom. The van der Waals surface area contributed by atoms with Crippen molar-refractivity contribution < 1.29 is 9.52 Å². The minimum Gasteiger partial charge on any atom is -0.458 e. The normalized spacial score (nSPS) is 13.1. The highest BCUT2D eigenvalue weighted by Crippen LogP contribution is 2.30. The second-order valence-corrected chi connectivity index (χ2v) is 4.85. The van der Waals surface area contributed by atoms with Gasteiger partial charge in [-0.2, -0.15) is 5.10 Å². The van der Waals surface area contributed by atoms with Gasteiger partial charge < -0.3 is 9.52 Å². The van der Waals surface area contributed by atoms with Crippen molar-refractivity contribution >= 4 is 11.0 Å². The topological polar surface area (TPSA) is 51.2 Å². The Morgan fingerprint density at radius 3 is 2.74 bits per heavy atom. The zero-order valence-electron chi connectivity index (χ0n) is 11.2. The van der Waals surface area contributed by atoms with Crippen LogP contribution in [-0.4, -0.2) is 14.9 Å². The Kier molecular flexibility index (Phi) is 2.68. The van der Waals surface area contributed by atoms with Crippen molar-refractivity contribution in [3.63, 3.8) is 0 Å². The molecule has 4 heteroatoms. The van der Waals surface area contributed by atoms with Crippen LogP contribution in [-0.2, 0) is 7.05 Å². The van der Waals surface area contributed by atoms with Gasteiger partial charge in [-0.15, -0.1) is 0 Å². The van der Waals surface area contributed by atoms with Gasteiger partial charge in [0, 0.05) is 23.7 Å². The maximum atomic E-state index is 10.4. The average Bonchev–Trinajstić information content (AvgIpc) is 2.95. The molecule has 2 aromatic heterocycles. The predicted octanol–water partition coefficient (Wildman–Crippen LogP) is 2.86. The van der Waals surface area contributed by atoms with Crippen LogP contribution in [0, 0.1) is 13.8 Å². The molecule has 98 valence electrons. The van der Waals surface area contributed by atoms with Crippen LogP contribution < -0.4 is 0 Å². The molecule has 0 aliphatic heterocycles. The molecule has 1 atom stereocenters. The summed E-state index contributed by atoms with van der Waals surface area (Å²) in [5.41, 5.74) is 3.61. The molecular weight excluding hydrogens is 240 g/mol. The highest BCUT2D eigenvalue weighted by Gasteiger charge is 2.20. The second-order valence-electron chi connectivity index (χ2n) is 4.85. The fourth-order valence-corrected chi connectivity index (χ4v) is 2.30. The van der Waals surface area contributed by atoms with E-state index in [2.05, 4.69) is 5.10 Å². The lowest BCUT2D eigenvalue weighted by Gasteiger charge is -2.06. The molecule has 3 aromatic rings. The summed E-state index contributed by atoms with van der Waals surface area (Å²) < 4.78 is 7.53. The molecule has 0 radical (unpaired) electrons. The molecule has 0 bridgehead atoms. The van der Waals surface area contributed by atoms with E-state index in [0.29, 0.717) is 5.76 Å². The lowest BCUT2D eigenvalue weighted by atomic mass is 10.1. The predicted molar refractivity (Wildman–Crippen MR) is 73.0 cm³/mol. The third-order valence-corrected chi connectivity index (χ3v) is 3.60. The SMILES string of the molecule is Cc1cccc2cc(C(O)c3cnn(C)c3C)oc12. The Labute approximate surface area is 111 Å². The molecule has 3 rings (SSSR count). The summed E-state index contributed by atoms with van der Waals surface area (Å²) in [5, 5.41) is 15.6. The smallest absolute Gasteiger partial charge is 0.140 e. The highest BCUT2D eigenvalue weighted by atomic mass is 16.4. The molecule has 0 saturated heterocycles. The molecule has 0 spiro atoms. The Morgan fingerprint density at radius 1 is 1.32 bits per heavy atom. The number of aliphatic hydroxyl groups is 1. The van der Waals surface area contributed by atoms with Crippen molar-refractivity contribution in [1.29, 1.82) is 0 Å². The van der Waals surface area contributed by atoms with Gasteiger partial charge >= 0.3 is 0 Å². The van der Waals surface area contributed by atoms with E-state index in [-0.39, 0.29) is 0 Å².